The standard InChI is InChI=1S/C14H20O/c1-3-10(2)12-9-8-11-6-4-5-7-13(11)14(12)15/h4-7,10,12,14-15H,3,8-9H2,1-2H3. The topological polar surface area (TPSA) is 20.2 Å². The van der Waals surface area contributed by atoms with Gasteiger partial charge < -0.3 is 5.11 Å². The maximum absolute atomic E-state index is 10.3. The predicted molar refractivity (Wildman–Crippen MR) is 62.7 cm³/mol. The minimum Gasteiger partial charge on any atom is -0.388 e. The van der Waals surface area contributed by atoms with E-state index in [9.17, 15) is 5.11 Å². The van der Waals surface area contributed by atoms with Gasteiger partial charge in [-0.05, 0) is 35.8 Å². The van der Waals surface area contributed by atoms with E-state index < -0.39 is 0 Å². The first-order valence-corrected chi connectivity index (χ1v) is 6.00. The molecule has 0 saturated heterocycles. The molecule has 0 fully saturated rings. The number of aliphatic hydroxyl groups excluding tert-OH is 1. The molecule has 0 aliphatic heterocycles. The van der Waals surface area contributed by atoms with Crippen LogP contribution in [0.1, 0.15) is 43.9 Å². The summed E-state index contributed by atoms with van der Waals surface area (Å²) in [7, 11) is 0. The molecule has 3 atom stereocenters. The Morgan fingerprint density at radius 2 is 2.13 bits per heavy atom. The largest absolute Gasteiger partial charge is 0.388 e. The molecule has 0 amide bonds. The van der Waals surface area contributed by atoms with Gasteiger partial charge in [-0.15, -0.1) is 0 Å². The lowest BCUT2D eigenvalue weighted by Crippen LogP contribution is -2.25. The van der Waals surface area contributed by atoms with Crippen molar-refractivity contribution in [2.24, 2.45) is 11.8 Å². The molecule has 0 heterocycles. The lowest BCUT2D eigenvalue weighted by molar-refractivity contribution is 0.0609. The average Bonchev–Trinajstić information content (AvgIpc) is 2.29. The van der Waals surface area contributed by atoms with Gasteiger partial charge in [-0.3, -0.25) is 0 Å². The average molecular weight is 204 g/mol. The second-order valence-corrected chi connectivity index (χ2v) is 4.73. The van der Waals surface area contributed by atoms with Gasteiger partial charge in [0.2, 0.25) is 0 Å². The van der Waals surface area contributed by atoms with Gasteiger partial charge in [0.05, 0.1) is 6.10 Å². The van der Waals surface area contributed by atoms with Gasteiger partial charge >= 0.3 is 0 Å². The Hall–Kier alpha value is -0.820. The van der Waals surface area contributed by atoms with Crippen LogP contribution in [0.5, 0.6) is 0 Å². The summed E-state index contributed by atoms with van der Waals surface area (Å²) >= 11 is 0. The van der Waals surface area contributed by atoms with Crippen LogP contribution in [0, 0.1) is 11.8 Å². The zero-order valence-corrected chi connectivity index (χ0v) is 9.61. The molecule has 0 radical (unpaired) electrons. The first-order valence-electron chi connectivity index (χ1n) is 6.00. The Labute approximate surface area is 92.1 Å². The van der Waals surface area contributed by atoms with Gasteiger partial charge in [-0.1, -0.05) is 44.5 Å². The highest BCUT2D eigenvalue weighted by molar-refractivity contribution is 5.31. The Morgan fingerprint density at radius 1 is 1.40 bits per heavy atom. The number of benzene rings is 1. The van der Waals surface area contributed by atoms with E-state index in [-0.39, 0.29) is 6.10 Å². The lowest BCUT2D eigenvalue weighted by Gasteiger charge is -2.33. The Kier molecular flexibility index (Phi) is 3.11. The molecular formula is C14H20O. The zero-order valence-electron chi connectivity index (χ0n) is 9.61. The quantitative estimate of drug-likeness (QED) is 0.783. The van der Waals surface area contributed by atoms with Crippen LogP contribution < -0.4 is 0 Å². The SMILES string of the molecule is CCC(C)C1CCc2ccccc2C1O. The van der Waals surface area contributed by atoms with E-state index in [4.69, 9.17) is 0 Å². The van der Waals surface area contributed by atoms with Crippen LogP contribution in [0.3, 0.4) is 0 Å². The highest BCUT2D eigenvalue weighted by Gasteiger charge is 2.30. The second-order valence-electron chi connectivity index (χ2n) is 4.73. The van der Waals surface area contributed by atoms with Crippen LogP contribution in [0.2, 0.25) is 0 Å². The van der Waals surface area contributed by atoms with Gasteiger partial charge in [0.1, 0.15) is 0 Å². The van der Waals surface area contributed by atoms with E-state index in [1.54, 1.807) is 0 Å². The number of rotatable bonds is 2. The molecule has 1 aliphatic rings. The summed E-state index contributed by atoms with van der Waals surface area (Å²) in [5.41, 5.74) is 2.50. The Morgan fingerprint density at radius 3 is 2.87 bits per heavy atom. The first-order chi connectivity index (χ1) is 7.24. The van der Waals surface area contributed by atoms with Gasteiger partial charge in [0.25, 0.3) is 0 Å². The van der Waals surface area contributed by atoms with Crippen LogP contribution in [-0.2, 0) is 6.42 Å². The fourth-order valence-electron chi connectivity index (χ4n) is 2.66. The summed E-state index contributed by atoms with van der Waals surface area (Å²) in [4.78, 5) is 0. The zero-order chi connectivity index (χ0) is 10.8. The molecule has 1 aromatic rings. The fourth-order valence-corrected chi connectivity index (χ4v) is 2.66. The number of aryl methyl sites for hydroxylation is 1. The van der Waals surface area contributed by atoms with Crippen LogP contribution in [0.15, 0.2) is 24.3 Å². The van der Waals surface area contributed by atoms with E-state index in [1.807, 2.05) is 6.07 Å². The minimum absolute atomic E-state index is 0.245. The molecule has 0 aromatic heterocycles. The van der Waals surface area contributed by atoms with Crippen LogP contribution in [0.4, 0.5) is 0 Å². The maximum atomic E-state index is 10.3. The van der Waals surface area contributed by atoms with E-state index >= 15 is 0 Å². The van der Waals surface area contributed by atoms with Crippen molar-refractivity contribution < 1.29 is 5.11 Å². The van der Waals surface area contributed by atoms with Gasteiger partial charge in [-0.2, -0.15) is 0 Å². The third-order valence-corrected chi connectivity index (χ3v) is 3.90. The van der Waals surface area contributed by atoms with E-state index in [0.717, 1.165) is 24.8 Å². The highest BCUT2D eigenvalue weighted by Crippen LogP contribution is 2.39. The molecule has 3 unspecified atom stereocenters. The summed E-state index contributed by atoms with van der Waals surface area (Å²) in [6, 6.07) is 8.32. The van der Waals surface area contributed by atoms with E-state index in [2.05, 4.69) is 32.0 Å². The van der Waals surface area contributed by atoms with Crippen molar-refractivity contribution in [2.75, 3.05) is 0 Å². The fraction of sp³-hybridized carbons (Fsp3) is 0.571. The molecule has 0 spiro atoms. The first kappa shape index (κ1) is 10.7. The maximum Gasteiger partial charge on any atom is 0.0823 e. The Balaban J connectivity index is 2.25. The van der Waals surface area contributed by atoms with Crippen LogP contribution >= 0.6 is 0 Å². The van der Waals surface area contributed by atoms with Crippen molar-refractivity contribution in [1.82, 2.24) is 0 Å². The molecule has 1 nitrogen and oxygen atoms in total. The van der Waals surface area contributed by atoms with Crippen LogP contribution in [0.25, 0.3) is 0 Å². The lowest BCUT2D eigenvalue weighted by atomic mass is 9.75. The van der Waals surface area contributed by atoms with Crippen molar-refractivity contribution in [3.63, 3.8) is 0 Å². The van der Waals surface area contributed by atoms with Gasteiger partial charge in [-0.25, -0.2) is 0 Å². The molecule has 0 saturated carbocycles. The summed E-state index contributed by atoms with van der Waals surface area (Å²) < 4.78 is 0. The van der Waals surface area contributed by atoms with Crippen molar-refractivity contribution in [3.8, 4) is 0 Å². The summed E-state index contributed by atoms with van der Waals surface area (Å²) in [6.07, 6.45) is 3.17. The molecule has 1 heteroatoms. The Bertz CT molecular complexity index is 332. The monoisotopic (exact) mass is 204 g/mol. The van der Waals surface area contributed by atoms with Gasteiger partial charge in [0, 0.05) is 0 Å². The third kappa shape index (κ3) is 1.93. The van der Waals surface area contributed by atoms with Gasteiger partial charge in [0.15, 0.2) is 0 Å². The summed E-state index contributed by atoms with van der Waals surface area (Å²) in [6.45, 7) is 4.46. The molecule has 2 rings (SSSR count). The van der Waals surface area contributed by atoms with E-state index in [1.165, 1.54) is 5.56 Å². The van der Waals surface area contributed by atoms with Crippen molar-refractivity contribution in [3.05, 3.63) is 35.4 Å². The second kappa shape index (κ2) is 4.36. The minimum atomic E-state index is -0.245. The molecule has 15 heavy (non-hydrogen) atoms. The highest BCUT2D eigenvalue weighted by atomic mass is 16.3. The molecular weight excluding hydrogens is 184 g/mol. The normalized spacial score (nSPS) is 27.1. The molecule has 1 N–H and O–H groups in total. The smallest absolute Gasteiger partial charge is 0.0823 e. The number of fused-ring (bicyclic) bond motifs is 1. The molecule has 0 bridgehead atoms. The molecule has 1 aliphatic carbocycles. The number of aliphatic hydroxyl groups is 1. The third-order valence-electron chi connectivity index (χ3n) is 3.90. The van der Waals surface area contributed by atoms with Crippen molar-refractivity contribution in [1.29, 1.82) is 0 Å². The predicted octanol–water partition coefficient (Wildman–Crippen LogP) is 3.33. The molecule has 1 aromatic carbocycles. The number of hydrogen-bond donors (Lipinski definition) is 1. The summed E-state index contributed by atoms with van der Waals surface area (Å²) in [5, 5.41) is 10.3. The van der Waals surface area contributed by atoms with Crippen LogP contribution in [-0.4, -0.2) is 5.11 Å². The number of hydrogen-bond acceptors (Lipinski definition) is 1. The molecule has 82 valence electrons. The van der Waals surface area contributed by atoms with Crippen molar-refractivity contribution in [2.45, 2.75) is 39.2 Å². The van der Waals surface area contributed by atoms with Crippen molar-refractivity contribution >= 4 is 0 Å². The summed E-state index contributed by atoms with van der Waals surface area (Å²) in [5.74, 6) is 1.07. The van der Waals surface area contributed by atoms with E-state index in [0.29, 0.717) is 11.8 Å².